The zero-order valence-electron chi connectivity index (χ0n) is 5.39. The molecule has 0 bridgehead atoms. The molecule has 0 heterocycles. The van der Waals surface area contributed by atoms with Gasteiger partial charge in [-0.15, -0.1) is 0 Å². The van der Waals surface area contributed by atoms with Gasteiger partial charge in [0.05, 0.1) is 5.71 Å². The Kier molecular flexibility index (Phi) is 4.32. The van der Waals surface area contributed by atoms with Crippen LogP contribution in [0.5, 0.6) is 0 Å². The van der Waals surface area contributed by atoms with Crippen LogP contribution in [-0.2, 0) is 0 Å². The molecule has 0 rings (SSSR count). The molecule has 0 saturated heterocycles. The summed E-state index contributed by atoms with van der Waals surface area (Å²) in [6.07, 6.45) is 3.90. The summed E-state index contributed by atoms with van der Waals surface area (Å²) < 4.78 is 0. The molecule has 2 nitrogen and oxygen atoms in total. The van der Waals surface area contributed by atoms with Crippen LogP contribution in [0.2, 0.25) is 0 Å². The second kappa shape index (κ2) is 4.62. The molecule has 8 heavy (non-hydrogen) atoms. The van der Waals surface area contributed by atoms with Gasteiger partial charge in [-0.25, -0.2) is 0 Å². The number of unbranched alkanes of at least 4 members (excludes halogenated alkanes) is 1. The van der Waals surface area contributed by atoms with Gasteiger partial charge in [0.15, 0.2) is 0 Å². The fourth-order valence-corrected chi connectivity index (χ4v) is 0.394. The first-order valence-electron chi connectivity index (χ1n) is 2.80. The van der Waals surface area contributed by atoms with Crippen LogP contribution in [0.1, 0.15) is 26.7 Å². The van der Waals surface area contributed by atoms with E-state index in [9.17, 15) is 0 Å². The monoisotopic (exact) mass is 114 g/mol. The fourth-order valence-electron chi connectivity index (χ4n) is 0.394. The number of oxime groups is 1. The highest BCUT2D eigenvalue weighted by atomic mass is 16.4. The molecule has 0 aliphatic carbocycles. The first kappa shape index (κ1) is 7.47. The average molecular weight is 114 g/mol. The van der Waals surface area contributed by atoms with Crippen molar-refractivity contribution in [3.8, 4) is 0 Å². The van der Waals surface area contributed by atoms with Crippen LogP contribution in [0.4, 0.5) is 0 Å². The minimum absolute atomic E-state index is 0.770. The van der Waals surface area contributed by atoms with Gasteiger partial charge in [0, 0.05) is 0 Å². The molecule has 0 aromatic heterocycles. The van der Waals surface area contributed by atoms with Crippen molar-refractivity contribution in [2.75, 3.05) is 0 Å². The predicted molar refractivity (Wildman–Crippen MR) is 34.1 cm³/mol. The molecule has 0 unspecified atom stereocenters. The van der Waals surface area contributed by atoms with Crippen molar-refractivity contribution >= 4 is 5.71 Å². The van der Waals surface area contributed by atoms with E-state index in [2.05, 4.69) is 18.5 Å². The van der Waals surface area contributed by atoms with Crippen molar-refractivity contribution < 1.29 is 5.21 Å². The number of rotatable bonds is 3. The summed E-state index contributed by atoms with van der Waals surface area (Å²) >= 11 is 0. The topological polar surface area (TPSA) is 32.6 Å². The van der Waals surface area contributed by atoms with Crippen molar-refractivity contribution in [2.45, 2.75) is 26.7 Å². The van der Waals surface area contributed by atoms with Crippen molar-refractivity contribution in [3.05, 3.63) is 6.42 Å². The number of nitrogens with zero attached hydrogens (tertiary/aromatic N) is 1. The van der Waals surface area contributed by atoms with Crippen molar-refractivity contribution in [2.24, 2.45) is 5.16 Å². The molecule has 2 heteroatoms. The molecule has 1 N–H and O–H groups in total. The Hall–Kier alpha value is -0.530. The third kappa shape index (κ3) is 3.65. The molecule has 0 spiro atoms. The Morgan fingerprint density at radius 2 is 2.38 bits per heavy atom. The molecule has 0 aromatic rings. The minimum atomic E-state index is 0.770. The number of hydrogen-bond acceptors (Lipinski definition) is 2. The molecule has 0 aliphatic heterocycles. The zero-order valence-corrected chi connectivity index (χ0v) is 5.39. The predicted octanol–water partition coefficient (Wildman–Crippen LogP) is 1.84. The van der Waals surface area contributed by atoms with E-state index in [1.165, 1.54) is 0 Å². The van der Waals surface area contributed by atoms with Gasteiger partial charge in [0.2, 0.25) is 0 Å². The lowest BCUT2D eigenvalue weighted by atomic mass is 10.2. The second-order valence-electron chi connectivity index (χ2n) is 1.74. The molecule has 0 fully saturated rings. The normalized spacial score (nSPS) is 12.0. The molecular weight excluding hydrogens is 102 g/mol. The lowest BCUT2D eigenvalue weighted by Gasteiger charge is -1.91. The van der Waals surface area contributed by atoms with E-state index in [-0.39, 0.29) is 0 Å². The summed E-state index contributed by atoms with van der Waals surface area (Å²) in [5.74, 6) is 0. The van der Waals surface area contributed by atoms with Gasteiger partial charge in [-0.3, -0.25) is 0 Å². The van der Waals surface area contributed by atoms with E-state index in [0.29, 0.717) is 0 Å². The lowest BCUT2D eigenvalue weighted by molar-refractivity contribution is 0.317. The summed E-state index contributed by atoms with van der Waals surface area (Å²) in [7, 11) is 0. The average Bonchev–Trinajstić information content (AvgIpc) is 1.83. The summed E-state index contributed by atoms with van der Waals surface area (Å²) in [5, 5.41) is 11.1. The van der Waals surface area contributed by atoms with Crippen molar-refractivity contribution in [1.82, 2.24) is 0 Å². The highest BCUT2D eigenvalue weighted by molar-refractivity contribution is 5.82. The lowest BCUT2D eigenvalue weighted by Crippen LogP contribution is -1.89. The van der Waals surface area contributed by atoms with Gasteiger partial charge in [-0.1, -0.05) is 18.5 Å². The third-order valence-electron chi connectivity index (χ3n) is 0.899. The van der Waals surface area contributed by atoms with Crippen LogP contribution in [0, 0.1) is 6.42 Å². The van der Waals surface area contributed by atoms with Crippen LogP contribution in [0.3, 0.4) is 0 Å². The van der Waals surface area contributed by atoms with Gasteiger partial charge >= 0.3 is 0 Å². The molecule has 0 atom stereocenters. The van der Waals surface area contributed by atoms with Gasteiger partial charge in [-0.2, -0.15) is 0 Å². The standard InChI is InChI=1S/C6H12NO/c1-3-4-5-6(2)7-8/h4,8H,3,5H2,1-2H3/b7-6-. The SMILES string of the molecule is CC[CH]C/C(C)=N\O. The van der Waals surface area contributed by atoms with Gasteiger partial charge < -0.3 is 5.21 Å². The summed E-state index contributed by atoms with van der Waals surface area (Å²) in [5.41, 5.74) is 0.770. The number of hydrogen-bond donors (Lipinski definition) is 1. The van der Waals surface area contributed by atoms with E-state index >= 15 is 0 Å². The summed E-state index contributed by atoms with van der Waals surface area (Å²) in [6.45, 7) is 3.86. The summed E-state index contributed by atoms with van der Waals surface area (Å²) in [6, 6.07) is 0. The van der Waals surface area contributed by atoms with Gasteiger partial charge in [0.1, 0.15) is 0 Å². The van der Waals surface area contributed by atoms with E-state index in [0.717, 1.165) is 18.6 Å². The molecule has 0 amide bonds. The van der Waals surface area contributed by atoms with Gasteiger partial charge in [-0.05, 0) is 19.8 Å². The minimum Gasteiger partial charge on any atom is -0.411 e. The smallest absolute Gasteiger partial charge is 0.0542 e. The van der Waals surface area contributed by atoms with E-state index in [1.54, 1.807) is 6.92 Å². The first-order valence-corrected chi connectivity index (χ1v) is 2.80. The maximum Gasteiger partial charge on any atom is 0.0542 e. The van der Waals surface area contributed by atoms with Gasteiger partial charge in [0.25, 0.3) is 0 Å². The van der Waals surface area contributed by atoms with Crippen molar-refractivity contribution in [1.29, 1.82) is 0 Å². The Morgan fingerprint density at radius 1 is 1.75 bits per heavy atom. The van der Waals surface area contributed by atoms with Crippen molar-refractivity contribution in [3.63, 3.8) is 0 Å². The van der Waals surface area contributed by atoms with Crippen LogP contribution >= 0.6 is 0 Å². The first-order chi connectivity index (χ1) is 3.81. The van der Waals surface area contributed by atoms with Crippen LogP contribution in [0.25, 0.3) is 0 Å². The van der Waals surface area contributed by atoms with E-state index < -0.39 is 0 Å². The molecule has 0 aliphatic rings. The van der Waals surface area contributed by atoms with Crippen LogP contribution in [0.15, 0.2) is 5.16 Å². The molecule has 1 radical (unpaired) electrons. The highest BCUT2D eigenvalue weighted by Crippen LogP contribution is 1.93. The molecule has 0 aromatic carbocycles. The third-order valence-corrected chi connectivity index (χ3v) is 0.899. The van der Waals surface area contributed by atoms with Crippen LogP contribution in [-0.4, -0.2) is 10.9 Å². The second-order valence-corrected chi connectivity index (χ2v) is 1.74. The molecular formula is C6H12NO. The molecule has 47 valence electrons. The Bertz CT molecular complexity index is 78.6. The Morgan fingerprint density at radius 3 is 2.75 bits per heavy atom. The van der Waals surface area contributed by atoms with Crippen LogP contribution < -0.4 is 0 Å². The van der Waals surface area contributed by atoms with E-state index in [1.807, 2.05) is 0 Å². The maximum absolute atomic E-state index is 8.13. The Labute approximate surface area is 50.2 Å². The highest BCUT2D eigenvalue weighted by Gasteiger charge is 1.87. The fraction of sp³-hybridized carbons (Fsp3) is 0.667. The summed E-state index contributed by atoms with van der Waals surface area (Å²) in [4.78, 5) is 0. The van der Waals surface area contributed by atoms with E-state index in [4.69, 9.17) is 5.21 Å². The maximum atomic E-state index is 8.13. The molecule has 0 saturated carbocycles. The zero-order chi connectivity index (χ0) is 6.41. The quantitative estimate of drug-likeness (QED) is 0.339. The largest absolute Gasteiger partial charge is 0.411 e. The Balaban J connectivity index is 3.12.